The minimum absolute atomic E-state index is 0.738. The van der Waals surface area contributed by atoms with Crippen LogP contribution in [-0.4, -0.2) is 12.6 Å². The second-order valence-corrected chi connectivity index (χ2v) is 4.90. The zero-order chi connectivity index (χ0) is 11.0. The molecular formula is C13H29N. The van der Waals surface area contributed by atoms with Crippen LogP contribution >= 0.6 is 0 Å². The lowest BCUT2D eigenvalue weighted by Crippen LogP contribution is -2.35. The van der Waals surface area contributed by atoms with Crippen LogP contribution < -0.4 is 5.32 Å². The van der Waals surface area contributed by atoms with Crippen LogP contribution in [0.3, 0.4) is 0 Å². The molecule has 2 atom stereocenters. The summed E-state index contributed by atoms with van der Waals surface area (Å²) in [6.45, 7) is 12.6. The molecule has 0 aliphatic heterocycles. The Labute approximate surface area is 90.7 Å². The average molecular weight is 199 g/mol. The molecule has 14 heavy (non-hydrogen) atoms. The SMILES string of the molecule is CCCC(C)C(CCC(C)C)NCC. The third-order valence-corrected chi connectivity index (χ3v) is 2.95. The van der Waals surface area contributed by atoms with Gasteiger partial charge in [0.15, 0.2) is 0 Å². The Morgan fingerprint density at radius 1 is 0.929 bits per heavy atom. The summed E-state index contributed by atoms with van der Waals surface area (Å²) in [7, 11) is 0. The summed E-state index contributed by atoms with van der Waals surface area (Å²) in [4.78, 5) is 0. The molecule has 0 aliphatic carbocycles. The molecule has 1 nitrogen and oxygen atoms in total. The van der Waals surface area contributed by atoms with Crippen LogP contribution in [-0.2, 0) is 0 Å². The second kappa shape index (κ2) is 8.28. The number of nitrogens with one attached hydrogen (secondary N) is 1. The molecule has 0 fully saturated rings. The molecule has 0 aromatic heterocycles. The Balaban J connectivity index is 3.86. The Morgan fingerprint density at radius 3 is 2.00 bits per heavy atom. The summed E-state index contributed by atoms with van der Waals surface area (Å²) in [5.41, 5.74) is 0. The van der Waals surface area contributed by atoms with E-state index in [0.29, 0.717) is 0 Å². The van der Waals surface area contributed by atoms with E-state index in [0.717, 1.165) is 24.4 Å². The van der Waals surface area contributed by atoms with Crippen LogP contribution in [0.2, 0.25) is 0 Å². The summed E-state index contributed by atoms with van der Waals surface area (Å²) in [5, 5.41) is 3.62. The molecule has 1 N–H and O–H groups in total. The lowest BCUT2D eigenvalue weighted by atomic mass is 9.91. The van der Waals surface area contributed by atoms with Gasteiger partial charge < -0.3 is 5.32 Å². The first-order valence-corrected chi connectivity index (χ1v) is 6.35. The average Bonchev–Trinajstić information content (AvgIpc) is 2.12. The molecule has 1 heteroatoms. The molecule has 0 heterocycles. The molecule has 2 unspecified atom stereocenters. The lowest BCUT2D eigenvalue weighted by molar-refractivity contribution is 0.322. The van der Waals surface area contributed by atoms with Crippen LogP contribution in [0.1, 0.15) is 60.3 Å². The molecule has 0 bridgehead atoms. The van der Waals surface area contributed by atoms with Gasteiger partial charge in [-0.15, -0.1) is 0 Å². The van der Waals surface area contributed by atoms with Gasteiger partial charge in [0.1, 0.15) is 0 Å². The Hall–Kier alpha value is -0.0400. The largest absolute Gasteiger partial charge is 0.314 e. The first kappa shape index (κ1) is 14.0. The fraction of sp³-hybridized carbons (Fsp3) is 1.00. The van der Waals surface area contributed by atoms with Crippen molar-refractivity contribution in [3.05, 3.63) is 0 Å². The van der Waals surface area contributed by atoms with Crippen molar-refractivity contribution in [2.45, 2.75) is 66.3 Å². The van der Waals surface area contributed by atoms with Gasteiger partial charge >= 0.3 is 0 Å². The molecule has 0 aromatic carbocycles. The zero-order valence-electron chi connectivity index (χ0n) is 10.8. The van der Waals surface area contributed by atoms with Crippen molar-refractivity contribution < 1.29 is 0 Å². The highest BCUT2D eigenvalue weighted by atomic mass is 14.9. The third-order valence-electron chi connectivity index (χ3n) is 2.95. The molecule has 0 saturated carbocycles. The van der Waals surface area contributed by atoms with Crippen molar-refractivity contribution in [2.24, 2.45) is 11.8 Å². The molecule has 0 radical (unpaired) electrons. The van der Waals surface area contributed by atoms with Gasteiger partial charge in [-0.1, -0.05) is 41.0 Å². The van der Waals surface area contributed by atoms with E-state index < -0.39 is 0 Å². The van der Waals surface area contributed by atoms with Crippen LogP contribution in [0, 0.1) is 11.8 Å². The molecule has 0 aromatic rings. The fourth-order valence-electron chi connectivity index (χ4n) is 2.02. The van der Waals surface area contributed by atoms with E-state index in [1.165, 1.54) is 25.7 Å². The fourth-order valence-corrected chi connectivity index (χ4v) is 2.02. The molecule has 0 saturated heterocycles. The van der Waals surface area contributed by atoms with Gasteiger partial charge in [-0.05, 0) is 37.6 Å². The van der Waals surface area contributed by atoms with Gasteiger partial charge in [-0.2, -0.15) is 0 Å². The van der Waals surface area contributed by atoms with Crippen molar-refractivity contribution >= 4 is 0 Å². The molecule has 0 aliphatic rings. The van der Waals surface area contributed by atoms with E-state index in [4.69, 9.17) is 0 Å². The molecule has 0 amide bonds. The standard InChI is InChI=1S/C13H29N/c1-6-8-12(5)13(14-7-2)10-9-11(3)4/h11-14H,6-10H2,1-5H3. The zero-order valence-corrected chi connectivity index (χ0v) is 10.8. The van der Waals surface area contributed by atoms with Crippen LogP contribution in [0.4, 0.5) is 0 Å². The minimum Gasteiger partial charge on any atom is -0.314 e. The summed E-state index contributed by atoms with van der Waals surface area (Å²) < 4.78 is 0. The van der Waals surface area contributed by atoms with Gasteiger partial charge in [0.25, 0.3) is 0 Å². The first-order valence-electron chi connectivity index (χ1n) is 6.35. The number of rotatable bonds is 8. The van der Waals surface area contributed by atoms with Gasteiger partial charge in [-0.3, -0.25) is 0 Å². The maximum absolute atomic E-state index is 3.62. The Morgan fingerprint density at radius 2 is 1.57 bits per heavy atom. The Bertz CT molecular complexity index is 120. The van der Waals surface area contributed by atoms with Gasteiger partial charge in [0.05, 0.1) is 0 Å². The van der Waals surface area contributed by atoms with Crippen molar-refractivity contribution in [3.63, 3.8) is 0 Å². The summed E-state index contributed by atoms with van der Waals surface area (Å²) in [6.07, 6.45) is 5.36. The highest BCUT2D eigenvalue weighted by Crippen LogP contribution is 2.17. The summed E-state index contributed by atoms with van der Waals surface area (Å²) >= 11 is 0. The van der Waals surface area contributed by atoms with Gasteiger partial charge in [-0.25, -0.2) is 0 Å². The smallest absolute Gasteiger partial charge is 0.00926 e. The summed E-state index contributed by atoms with van der Waals surface area (Å²) in [6, 6.07) is 0.738. The predicted molar refractivity (Wildman–Crippen MR) is 65.6 cm³/mol. The van der Waals surface area contributed by atoms with Gasteiger partial charge in [0.2, 0.25) is 0 Å². The van der Waals surface area contributed by atoms with E-state index in [-0.39, 0.29) is 0 Å². The first-order chi connectivity index (χ1) is 6.61. The lowest BCUT2D eigenvalue weighted by Gasteiger charge is -2.25. The highest BCUT2D eigenvalue weighted by molar-refractivity contribution is 4.73. The number of hydrogen-bond acceptors (Lipinski definition) is 1. The number of hydrogen-bond donors (Lipinski definition) is 1. The Kier molecular flexibility index (Phi) is 8.26. The normalized spacial score (nSPS) is 15.9. The van der Waals surface area contributed by atoms with Crippen LogP contribution in [0.5, 0.6) is 0 Å². The van der Waals surface area contributed by atoms with E-state index in [1.54, 1.807) is 0 Å². The van der Waals surface area contributed by atoms with E-state index in [9.17, 15) is 0 Å². The monoisotopic (exact) mass is 199 g/mol. The molecule has 0 spiro atoms. The van der Waals surface area contributed by atoms with Crippen LogP contribution in [0.15, 0.2) is 0 Å². The molecular weight excluding hydrogens is 170 g/mol. The second-order valence-electron chi connectivity index (χ2n) is 4.90. The van der Waals surface area contributed by atoms with E-state index in [2.05, 4.69) is 39.9 Å². The maximum Gasteiger partial charge on any atom is 0.00926 e. The molecule has 86 valence electrons. The van der Waals surface area contributed by atoms with E-state index in [1.807, 2.05) is 0 Å². The molecule has 0 rings (SSSR count). The van der Waals surface area contributed by atoms with Crippen LogP contribution in [0.25, 0.3) is 0 Å². The van der Waals surface area contributed by atoms with E-state index >= 15 is 0 Å². The third kappa shape index (κ3) is 6.42. The summed E-state index contributed by atoms with van der Waals surface area (Å²) in [5.74, 6) is 1.67. The maximum atomic E-state index is 3.62. The predicted octanol–water partition coefficient (Wildman–Crippen LogP) is 3.84. The van der Waals surface area contributed by atoms with Crippen molar-refractivity contribution in [3.8, 4) is 0 Å². The van der Waals surface area contributed by atoms with Crippen molar-refractivity contribution in [2.75, 3.05) is 6.54 Å². The minimum atomic E-state index is 0.738. The van der Waals surface area contributed by atoms with Crippen molar-refractivity contribution in [1.82, 2.24) is 5.32 Å². The highest BCUT2D eigenvalue weighted by Gasteiger charge is 2.15. The topological polar surface area (TPSA) is 12.0 Å². The van der Waals surface area contributed by atoms with Crippen molar-refractivity contribution in [1.29, 1.82) is 0 Å². The quantitative estimate of drug-likeness (QED) is 0.626. The van der Waals surface area contributed by atoms with Gasteiger partial charge in [0, 0.05) is 6.04 Å².